The van der Waals surface area contributed by atoms with Gasteiger partial charge in [-0.05, 0) is 19.9 Å². The van der Waals surface area contributed by atoms with Gasteiger partial charge in [-0.25, -0.2) is 0 Å². The Hall–Kier alpha value is -0.370. The molecule has 0 aliphatic heterocycles. The Kier molecular flexibility index (Phi) is 1.86. The van der Waals surface area contributed by atoms with Crippen molar-refractivity contribution in [2.75, 3.05) is 7.05 Å². The van der Waals surface area contributed by atoms with Gasteiger partial charge in [-0.15, -0.1) is 0 Å². The first-order valence-electron chi connectivity index (χ1n) is 3.43. The van der Waals surface area contributed by atoms with Gasteiger partial charge in [0, 0.05) is 18.9 Å². The lowest BCUT2D eigenvalue weighted by Gasteiger charge is -2.29. The first-order valence-corrected chi connectivity index (χ1v) is 3.43. The summed E-state index contributed by atoms with van der Waals surface area (Å²) in [5.41, 5.74) is 0. The lowest BCUT2D eigenvalue weighted by atomic mass is 9.79. The first kappa shape index (κ1) is 6.75. The number of rotatable bonds is 2. The minimum Gasteiger partial charge on any atom is -0.317 e. The number of nitrogens with one attached hydrogen (secondary N) is 1. The molecule has 1 fully saturated rings. The molecular formula is C7H13NO. The Balaban J connectivity index is 2.23. The molecule has 1 atom stereocenters. The summed E-state index contributed by atoms with van der Waals surface area (Å²) < 4.78 is 0. The van der Waals surface area contributed by atoms with Crippen LogP contribution in [0.3, 0.4) is 0 Å². The molecule has 0 aromatic carbocycles. The van der Waals surface area contributed by atoms with Crippen molar-refractivity contribution in [2.45, 2.75) is 25.8 Å². The summed E-state index contributed by atoms with van der Waals surface area (Å²) >= 11 is 0. The van der Waals surface area contributed by atoms with Crippen LogP contribution in [0.4, 0.5) is 0 Å². The molecule has 1 rings (SSSR count). The third-order valence-electron chi connectivity index (χ3n) is 2.14. The average Bonchev–Trinajstić information content (AvgIpc) is 1.79. The molecule has 0 amide bonds. The fourth-order valence-corrected chi connectivity index (χ4v) is 1.11. The number of ketones is 1. The summed E-state index contributed by atoms with van der Waals surface area (Å²) in [5.74, 6) is 1.03. The lowest BCUT2D eigenvalue weighted by Crippen LogP contribution is -2.39. The van der Waals surface area contributed by atoms with Crippen molar-refractivity contribution in [2.24, 2.45) is 5.92 Å². The summed E-state index contributed by atoms with van der Waals surface area (Å²) in [7, 11) is 1.94. The molecule has 1 N–H and O–H groups in total. The molecule has 0 spiro atoms. The maximum atomic E-state index is 10.5. The predicted molar refractivity (Wildman–Crippen MR) is 36.3 cm³/mol. The van der Waals surface area contributed by atoms with E-state index in [9.17, 15) is 4.79 Å². The molecule has 0 aromatic rings. The fraction of sp³-hybridized carbons (Fsp3) is 0.857. The molecule has 1 unspecified atom stereocenters. The second-order valence-corrected chi connectivity index (χ2v) is 2.78. The van der Waals surface area contributed by atoms with E-state index in [1.54, 1.807) is 0 Å². The quantitative estimate of drug-likeness (QED) is 0.587. The van der Waals surface area contributed by atoms with E-state index in [1.165, 1.54) is 0 Å². The number of carbonyl (C=O) groups excluding carboxylic acids is 1. The zero-order valence-electron chi connectivity index (χ0n) is 5.98. The van der Waals surface area contributed by atoms with Gasteiger partial charge in [-0.2, -0.15) is 0 Å². The number of Topliss-reactive ketones (excluding diaryl/α,β-unsaturated/α-hetero) is 1. The number of hydrogen-bond acceptors (Lipinski definition) is 2. The van der Waals surface area contributed by atoms with Crippen LogP contribution in [0.1, 0.15) is 19.8 Å². The maximum absolute atomic E-state index is 10.5. The van der Waals surface area contributed by atoms with E-state index in [0.29, 0.717) is 17.7 Å². The van der Waals surface area contributed by atoms with E-state index in [-0.39, 0.29) is 0 Å². The molecule has 52 valence electrons. The van der Waals surface area contributed by atoms with E-state index < -0.39 is 0 Å². The highest BCUT2D eigenvalue weighted by molar-refractivity contribution is 5.84. The summed E-state index contributed by atoms with van der Waals surface area (Å²) in [6.07, 6.45) is 1.59. The van der Waals surface area contributed by atoms with Crippen LogP contribution in [-0.4, -0.2) is 18.9 Å². The first-order chi connectivity index (χ1) is 4.24. The highest BCUT2D eigenvalue weighted by Crippen LogP contribution is 2.25. The zero-order chi connectivity index (χ0) is 6.85. The fourth-order valence-electron chi connectivity index (χ4n) is 1.11. The Morgan fingerprint density at radius 3 is 2.56 bits per heavy atom. The van der Waals surface area contributed by atoms with E-state index in [2.05, 4.69) is 12.2 Å². The van der Waals surface area contributed by atoms with Gasteiger partial charge < -0.3 is 5.32 Å². The van der Waals surface area contributed by atoms with E-state index >= 15 is 0 Å². The van der Waals surface area contributed by atoms with Crippen LogP contribution in [0.5, 0.6) is 0 Å². The van der Waals surface area contributed by atoms with Gasteiger partial charge in [-0.3, -0.25) is 4.79 Å². The molecule has 9 heavy (non-hydrogen) atoms. The largest absolute Gasteiger partial charge is 0.317 e. The Bertz CT molecular complexity index is 114. The van der Waals surface area contributed by atoms with Crippen LogP contribution in [0.25, 0.3) is 0 Å². The van der Waals surface area contributed by atoms with Gasteiger partial charge in [-0.1, -0.05) is 0 Å². The van der Waals surface area contributed by atoms with Crippen LogP contribution < -0.4 is 5.32 Å². The van der Waals surface area contributed by atoms with E-state index in [0.717, 1.165) is 12.8 Å². The van der Waals surface area contributed by atoms with Gasteiger partial charge >= 0.3 is 0 Å². The molecule has 1 saturated carbocycles. The van der Waals surface area contributed by atoms with Gasteiger partial charge in [0.1, 0.15) is 5.78 Å². The Labute approximate surface area is 55.6 Å². The van der Waals surface area contributed by atoms with Crippen LogP contribution >= 0.6 is 0 Å². The third-order valence-corrected chi connectivity index (χ3v) is 2.14. The van der Waals surface area contributed by atoms with Gasteiger partial charge in [0.25, 0.3) is 0 Å². The molecule has 1 aliphatic rings. The molecule has 0 bridgehead atoms. The van der Waals surface area contributed by atoms with Crippen molar-refractivity contribution in [3.8, 4) is 0 Å². The van der Waals surface area contributed by atoms with Crippen LogP contribution in [0.2, 0.25) is 0 Å². The summed E-state index contributed by atoms with van der Waals surface area (Å²) in [5, 5.41) is 3.14. The zero-order valence-corrected chi connectivity index (χ0v) is 5.98. The topological polar surface area (TPSA) is 29.1 Å². The molecule has 0 heterocycles. The Morgan fingerprint density at radius 1 is 1.67 bits per heavy atom. The van der Waals surface area contributed by atoms with E-state index in [1.807, 2.05) is 7.05 Å². The van der Waals surface area contributed by atoms with Crippen LogP contribution in [0.15, 0.2) is 0 Å². The molecule has 0 aromatic heterocycles. The van der Waals surface area contributed by atoms with Crippen molar-refractivity contribution >= 4 is 5.78 Å². The van der Waals surface area contributed by atoms with Crippen molar-refractivity contribution < 1.29 is 4.79 Å². The monoisotopic (exact) mass is 127 g/mol. The molecule has 0 saturated heterocycles. The normalized spacial score (nSPS) is 23.6. The number of carbonyl (C=O) groups is 1. The second kappa shape index (κ2) is 2.48. The summed E-state index contributed by atoms with van der Waals surface area (Å²) in [6, 6.07) is 0.516. The maximum Gasteiger partial charge on any atom is 0.133 e. The smallest absolute Gasteiger partial charge is 0.133 e. The minimum absolute atomic E-state index is 0.419. The van der Waals surface area contributed by atoms with Crippen molar-refractivity contribution in [3.63, 3.8) is 0 Å². The van der Waals surface area contributed by atoms with Crippen molar-refractivity contribution in [3.05, 3.63) is 0 Å². The average molecular weight is 127 g/mol. The predicted octanol–water partition coefficient (Wildman–Crippen LogP) is 0.573. The van der Waals surface area contributed by atoms with Crippen LogP contribution in [-0.2, 0) is 4.79 Å². The standard InChI is InChI=1S/C7H13NO/c1-5(8-2)6-3-7(9)4-6/h5-6,8H,3-4H2,1-2H3. The molecule has 2 heteroatoms. The summed E-state index contributed by atoms with van der Waals surface area (Å²) in [6.45, 7) is 2.12. The molecule has 2 nitrogen and oxygen atoms in total. The highest BCUT2D eigenvalue weighted by Gasteiger charge is 2.29. The Morgan fingerprint density at radius 2 is 2.22 bits per heavy atom. The minimum atomic E-state index is 0.419. The third kappa shape index (κ3) is 1.30. The van der Waals surface area contributed by atoms with Gasteiger partial charge in [0.15, 0.2) is 0 Å². The van der Waals surface area contributed by atoms with Gasteiger partial charge in [0.2, 0.25) is 0 Å². The molecule has 0 radical (unpaired) electrons. The lowest BCUT2D eigenvalue weighted by molar-refractivity contribution is -0.127. The molecular weight excluding hydrogens is 114 g/mol. The summed E-state index contributed by atoms with van der Waals surface area (Å²) in [4.78, 5) is 10.5. The SMILES string of the molecule is CNC(C)C1CC(=O)C1. The van der Waals surface area contributed by atoms with Gasteiger partial charge in [0.05, 0.1) is 0 Å². The second-order valence-electron chi connectivity index (χ2n) is 2.78. The molecule has 1 aliphatic carbocycles. The van der Waals surface area contributed by atoms with Crippen molar-refractivity contribution in [1.82, 2.24) is 5.32 Å². The highest BCUT2D eigenvalue weighted by atomic mass is 16.1. The number of hydrogen-bond donors (Lipinski definition) is 1. The van der Waals surface area contributed by atoms with Crippen LogP contribution in [0, 0.1) is 5.92 Å². The van der Waals surface area contributed by atoms with Crippen molar-refractivity contribution in [1.29, 1.82) is 0 Å². The van der Waals surface area contributed by atoms with E-state index in [4.69, 9.17) is 0 Å².